The molecule has 0 bridgehead atoms. The second-order valence-electron chi connectivity index (χ2n) is 4.80. The van der Waals surface area contributed by atoms with Gasteiger partial charge in [-0.05, 0) is 38.7 Å². The van der Waals surface area contributed by atoms with Gasteiger partial charge < -0.3 is 4.90 Å². The zero-order valence-corrected chi connectivity index (χ0v) is 11.4. The third-order valence-electron chi connectivity index (χ3n) is 3.10. The van der Waals surface area contributed by atoms with Crippen molar-refractivity contribution < 1.29 is 9.59 Å². The maximum atomic E-state index is 12.1. The standard InChI is InChI=1S/C15H23NO2/c1-3-7-14(9-8-13(2)17)12-15(18)16-10-5-4-6-11-16/h3,7,9H,4-6,8,10-12H2,1-2H3/b7-3?,14-9+. The molecule has 0 radical (unpaired) electrons. The number of likely N-dealkylation sites (tertiary alicyclic amines) is 1. The minimum absolute atomic E-state index is 0.127. The number of carbonyl (C=O) groups is 2. The van der Waals surface area contributed by atoms with Crippen LogP contribution >= 0.6 is 0 Å². The summed E-state index contributed by atoms with van der Waals surface area (Å²) in [5, 5.41) is 0. The Labute approximate surface area is 110 Å². The molecule has 18 heavy (non-hydrogen) atoms. The minimum atomic E-state index is 0.127. The highest BCUT2D eigenvalue weighted by Gasteiger charge is 2.16. The first-order chi connectivity index (χ1) is 8.63. The SMILES string of the molecule is CC=C/C(=C\CC(C)=O)CC(=O)N1CCCCC1. The van der Waals surface area contributed by atoms with E-state index in [9.17, 15) is 9.59 Å². The van der Waals surface area contributed by atoms with Crippen LogP contribution in [0.4, 0.5) is 0 Å². The van der Waals surface area contributed by atoms with Crippen LogP contribution in [0.25, 0.3) is 0 Å². The van der Waals surface area contributed by atoms with Crippen LogP contribution in [0.5, 0.6) is 0 Å². The summed E-state index contributed by atoms with van der Waals surface area (Å²) < 4.78 is 0. The smallest absolute Gasteiger partial charge is 0.226 e. The van der Waals surface area contributed by atoms with Crippen molar-refractivity contribution in [3.05, 3.63) is 23.8 Å². The number of carbonyl (C=O) groups excluding carboxylic acids is 2. The zero-order valence-electron chi connectivity index (χ0n) is 11.4. The van der Waals surface area contributed by atoms with Crippen molar-refractivity contribution in [1.82, 2.24) is 4.90 Å². The molecule has 1 aliphatic rings. The van der Waals surface area contributed by atoms with E-state index in [4.69, 9.17) is 0 Å². The minimum Gasteiger partial charge on any atom is -0.342 e. The molecule has 1 rings (SSSR count). The molecule has 1 aliphatic heterocycles. The van der Waals surface area contributed by atoms with Gasteiger partial charge in [-0.15, -0.1) is 0 Å². The Balaban J connectivity index is 2.56. The maximum absolute atomic E-state index is 12.1. The van der Waals surface area contributed by atoms with E-state index >= 15 is 0 Å². The van der Waals surface area contributed by atoms with E-state index < -0.39 is 0 Å². The monoisotopic (exact) mass is 249 g/mol. The Bertz CT molecular complexity index is 350. The summed E-state index contributed by atoms with van der Waals surface area (Å²) in [6.07, 6.45) is 9.98. The van der Waals surface area contributed by atoms with E-state index in [-0.39, 0.29) is 11.7 Å². The van der Waals surface area contributed by atoms with Crippen molar-refractivity contribution in [2.75, 3.05) is 13.1 Å². The molecule has 0 aromatic carbocycles. The molecule has 0 aromatic heterocycles. The molecule has 0 spiro atoms. The molecule has 0 N–H and O–H groups in total. The van der Waals surface area contributed by atoms with Gasteiger partial charge in [-0.1, -0.05) is 18.2 Å². The Morgan fingerprint density at radius 2 is 1.83 bits per heavy atom. The Morgan fingerprint density at radius 1 is 1.17 bits per heavy atom. The number of rotatable bonds is 5. The quantitative estimate of drug-likeness (QED) is 0.703. The van der Waals surface area contributed by atoms with Crippen LogP contribution in [0.2, 0.25) is 0 Å². The van der Waals surface area contributed by atoms with Gasteiger partial charge in [0.05, 0.1) is 6.42 Å². The average molecular weight is 249 g/mol. The predicted molar refractivity (Wildman–Crippen MR) is 73.2 cm³/mol. The molecule has 0 saturated carbocycles. The fraction of sp³-hybridized carbons (Fsp3) is 0.600. The lowest BCUT2D eigenvalue weighted by Gasteiger charge is -2.26. The summed E-state index contributed by atoms with van der Waals surface area (Å²) >= 11 is 0. The highest BCUT2D eigenvalue weighted by molar-refractivity contribution is 5.80. The number of hydrogen-bond donors (Lipinski definition) is 0. The highest BCUT2D eigenvalue weighted by atomic mass is 16.2. The lowest BCUT2D eigenvalue weighted by molar-refractivity contribution is -0.131. The van der Waals surface area contributed by atoms with Gasteiger partial charge in [0.2, 0.25) is 5.91 Å². The molecular formula is C15H23NO2. The first-order valence-electron chi connectivity index (χ1n) is 6.72. The summed E-state index contributed by atoms with van der Waals surface area (Å²) in [7, 11) is 0. The largest absolute Gasteiger partial charge is 0.342 e. The van der Waals surface area contributed by atoms with Gasteiger partial charge in [-0.2, -0.15) is 0 Å². The lowest BCUT2D eigenvalue weighted by Crippen LogP contribution is -2.35. The van der Waals surface area contributed by atoms with E-state index in [1.165, 1.54) is 6.42 Å². The van der Waals surface area contributed by atoms with Crippen molar-refractivity contribution in [3.63, 3.8) is 0 Å². The molecule has 1 saturated heterocycles. The maximum Gasteiger partial charge on any atom is 0.226 e. The summed E-state index contributed by atoms with van der Waals surface area (Å²) in [5.74, 6) is 0.310. The van der Waals surface area contributed by atoms with Gasteiger partial charge in [-0.3, -0.25) is 9.59 Å². The molecule has 100 valence electrons. The van der Waals surface area contributed by atoms with Gasteiger partial charge in [0.15, 0.2) is 0 Å². The van der Waals surface area contributed by atoms with Gasteiger partial charge >= 0.3 is 0 Å². The molecule has 0 aliphatic carbocycles. The summed E-state index contributed by atoms with van der Waals surface area (Å²) in [4.78, 5) is 25.0. The van der Waals surface area contributed by atoms with Crippen LogP contribution in [-0.4, -0.2) is 29.7 Å². The Morgan fingerprint density at radius 3 is 2.39 bits per heavy atom. The van der Waals surface area contributed by atoms with Crippen molar-refractivity contribution in [1.29, 1.82) is 0 Å². The predicted octanol–water partition coefficient (Wildman–Crippen LogP) is 2.87. The van der Waals surface area contributed by atoms with E-state index in [0.29, 0.717) is 12.8 Å². The van der Waals surface area contributed by atoms with Gasteiger partial charge in [0.1, 0.15) is 5.78 Å². The Kier molecular flexibility index (Phi) is 6.40. The molecule has 1 amide bonds. The van der Waals surface area contributed by atoms with Crippen molar-refractivity contribution in [2.45, 2.75) is 46.0 Å². The summed E-state index contributed by atoms with van der Waals surface area (Å²) in [6.45, 7) is 5.26. The van der Waals surface area contributed by atoms with Gasteiger partial charge in [0.25, 0.3) is 0 Å². The van der Waals surface area contributed by atoms with E-state index in [2.05, 4.69) is 0 Å². The first-order valence-corrected chi connectivity index (χ1v) is 6.72. The normalized spacial score (nSPS) is 17.2. The fourth-order valence-corrected chi connectivity index (χ4v) is 2.12. The van der Waals surface area contributed by atoms with Crippen LogP contribution in [0.1, 0.15) is 46.0 Å². The van der Waals surface area contributed by atoms with E-state index in [1.807, 2.05) is 30.1 Å². The number of allylic oxidation sites excluding steroid dienone is 3. The third-order valence-corrected chi connectivity index (χ3v) is 3.10. The molecule has 0 aromatic rings. The van der Waals surface area contributed by atoms with Crippen molar-refractivity contribution in [3.8, 4) is 0 Å². The number of ketones is 1. The highest BCUT2D eigenvalue weighted by Crippen LogP contribution is 2.14. The summed E-state index contributed by atoms with van der Waals surface area (Å²) in [5.41, 5.74) is 0.947. The number of nitrogens with zero attached hydrogens (tertiary/aromatic N) is 1. The zero-order chi connectivity index (χ0) is 13.4. The molecule has 3 nitrogen and oxygen atoms in total. The van der Waals surface area contributed by atoms with Crippen LogP contribution < -0.4 is 0 Å². The van der Waals surface area contributed by atoms with E-state index in [1.54, 1.807) is 6.92 Å². The molecule has 1 fully saturated rings. The van der Waals surface area contributed by atoms with Crippen LogP contribution in [0.3, 0.4) is 0 Å². The number of hydrogen-bond acceptors (Lipinski definition) is 2. The number of amides is 1. The van der Waals surface area contributed by atoms with Crippen molar-refractivity contribution >= 4 is 11.7 Å². The second kappa shape index (κ2) is 7.85. The van der Waals surface area contributed by atoms with Crippen molar-refractivity contribution in [2.24, 2.45) is 0 Å². The fourth-order valence-electron chi connectivity index (χ4n) is 2.12. The van der Waals surface area contributed by atoms with Crippen LogP contribution in [0.15, 0.2) is 23.8 Å². The first kappa shape index (κ1) is 14.7. The topological polar surface area (TPSA) is 37.4 Å². The number of piperidine rings is 1. The average Bonchev–Trinajstić information content (AvgIpc) is 2.37. The molecule has 1 heterocycles. The molecule has 0 unspecified atom stereocenters. The summed E-state index contributed by atoms with van der Waals surface area (Å²) in [6, 6.07) is 0. The van der Waals surface area contributed by atoms with Crippen LogP contribution in [0, 0.1) is 0 Å². The van der Waals surface area contributed by atoms with Crippen LogP contribution in [-0.2, 0) is 9.59 Å². The molecule has 3 heteroatoms. The van der Waals surface area contributed by atoms with Gasteiger partial charge in [-0.25, -0.2) is 0 Å². The molecule has 0 atom stereocenters. The molecular weight excluding hydrogens is 226 g/mol. The second-order valence-corrected chi connectivity index (χ2v) is 4.80. The van der Waals surface area contributed by atoms with Gasteiger partial charge in [0, 0.05) is 19.5 Å². The third kappa shape index (κ3) is 5.30. The van der Waals surface area contributed by atoms with E-state index in [0.717, 1.165) is 31.5 Å². The number of Topliss-reactive ketones (excluding diaryl/α,β-unsaturated/α-hetero) is 1. The Hall–Kier alpha value is -1.38. The lowest BCUT2D eigenvalue weighted by atomic mass is 10.1.